The Bertz CT molecular complexity index is 756. The molecule has 2 aromatic rings. The second-order valence-electron chi connectivity index (χ2n) is 5.80. The highest BCUT2D eigenvalue weighted by Gasteiger charge is 2.26. The van der Waals surface area contributed by atoms with E-state index >= 15 is 0 Å². The van der Waals surface area contributed by atoms with Crippen LogP contribution in [0.5, 0.6) is 11.5 Å². The Morgan fingerprint density at radius 3 is 2.16 bits per heavy atom. The van der Waals surface area contributed by atoms with Gasteiger partial charge in [-0.05, 0) is 61.2 Å². The number of nitrogens with one attached hydrogen (secondary N) is 1. The van der Waals surface area contributed by atoms with E-state index in [0.29, 0.717) is 36.8 Å². The van der Waals surface area contributed by atoms with E-state index in [9.17, 15) is 13.2 Å². The molecule has 0 radical (unpaired) electrons. The molecule has 25 heavy (non-hydrogen) atoms. The van der Waals surface area contributed by atoms with Gasteiger partial charge in [0.1, 0.15) is 0 Å². The van der Waals surface area contributed by atoms with E-state index in [1.54, 1.807) is 0 Å². The van der Waals surface area contributed by atoms with Crippen molar-refractivity contribution >= 4 is 0 Å². The number of halogens is 3. The summed E-state index contributed by atoms with van der Waals surface area (Å²) in [5, 5.41) is 3.23. The maximum atomic E-state index is 13.6. The number of fused-ring (bicyclic) bond motifs is 1. The maximum absolute atomic E-state index is 13.6. The summed E-state index contributed by atoms with van der Waals surface area (Å²) in [6.45, 7) is 5.38. The van der Waals surface area contributed by atoms with Crippen molar-refractivity contribution in [3.05, 3.63) is 58.4 Å². The smallest absolute Gasteiger partial charge is 0.194 e. The standard InChI is InChI=1S/C19H20F3NO2/c1-3-24-16-9-11-5-6-23-19(13(11)10-17(16)25-4-2)12-7-14(20)18(22)15(21)8-12/h7-10,19,23H,3-6H2,1-2H3/t19-/m0/s1. The van der Waals surface area contributed by atoms with Crippen LogP contribution in [0.15, 0.2) is 24.3 Å². The molecule has 6 heteroatoms. The van der Waals surface area contributed by atoms with Crippen LogP contribution in [0, 0.1) is 17.5 Å². The van der Waals surface area contributed by atoms with E-state index < -0.39 is 23.5 Å². The molecule has 0 amide bonds. The number of rotatable bonds is 5. The molecule has 0 fully saturated rings. The first-order chi connectivity index (χ1) is 12.0. The quantitative estimate of drug-likeness (QED) is 0.822. The lowest BCUT2D eigenvalue weighted by atomic mass is 9.89. The molecule has 2 aromatic carbocycles. The van der Waals surface area contributed by atoms with Gasteiger partial charge in [0.2, 0.25) is 0 Å². The molecule has 0 unspecified atom stereocenters. The third-order valence-corrected chi connectivity index (χ3v) is 4.20. The molecular weight excluding hydrogens is 331 g/mol. The molecule has 134 valence electrons. The van der Waals surface area contributed by atoms with Crippen LogP contribution < -0.4 is 14.8 Å². The summed E-state index contributed by atoms with van der Waals surface area (Å²) in [5.41, 5.74) is 2.20. The topological polar surface area (TPSA) is 30.5 Å². The Morgan fingerprint density at radius 2 is 1.56 bits per heavy atom. The molecule has 1 atom stereocenters. The number of hydrogen-bond donors (Lipinski definition) is 1. The normalized spacial score (nSPS) is 16.4. The highest BCUT2D eigenvalue weighted by Crippen LogP contribution is 2.38. The van der Waals surface area contributed by atoms with Crippen LogP contribution in [0.1, 0.15) is 36.6 Å². The van der Waals surface area contributed by atoms with Crippen molar-refractivity contribution in [2.24, 2.45) is 0 Å². The molecule has 1 heterocycles. The van der Waals surface area contributed by atoms with Crippen LogP contribution in [0.2, 0.25) is 0 Å². The summed E-state index contributed by atoms with van der Waals surface area (Å²) in [6.07, 6.45) is 0.754. The average molecular weight is 351 g/mol. The van der Waals surface area contributed by atoms with Crippen LogP contribution >= 0.6 is 0 Å². The van der Waals surface area contributed by atoms with Gasteiger partial charge in [-0.2, -0.15) is 0 Å². The van der Waals surface area contributed by atoms with E-state index in [0.717, 1.165) is 29.7 Å². The van der Waals surface area contributed by atoms with Gasteiger partial charge in [0.15, 0.2) is 29.0 Å². The van der Waals surface area contributed by atoms with Crippen LogP contribution in [-0.4, -0.2) is 19.8 Å². The Morgan fingerprint density at radius 1 is 0.960 bits per heavy atom. The lowest BCUT2D eigenvalue weighted by Crippen LogP contribution is -2.31. The van der Waals surface area contributed by atoms with Gasteiger partial charge in [0.05, 0.1) is 19.3 Å². The molecule has 1 N–H and O–H groups in total. The number of benzene rings is 2. The Kier molecular flexibility index (Phi) is 5.18. The van der Waals surface area contributed by atoms with Gasteiger partial charge in [-0.3, -0.25) is 0 Å². The van der Waals surface area contributed by atoms with Crippen LogP contribution in [0.3, 0.4) is 0 Å². The van der Waals surface area contributed by atoms with E-state index in [1.165, 1.54) is 0 Å². The monoisotopic (exact) mass is 351 g/mol. The summed E-state index contributed by atoms with van der Waals surface area (Å²) in [6, 6.07) is 5.36. The molecule has 3 rings (SSSR count). The third kappa shape index (κ3) is 3.44. The number of hydrogen-bond acceptors (Lipinski definition) is 3. The molecule has 1 aliphatic heterocycles. The summed E-state index contributed by atoms with van der Waals surface area (Å²) in [5.74, 6) is -2.61. The van der Waals surface area contributed by atoms with Crippen molar-refractivity contribution in [3.8, 4) is 11.5 Å². The molecule has 0 saturated carbocycles. The van der Waals surface area contributed by atoms with E-state index in [4.69, 9.17) is 9.47 Å². The highest BCUT2D eigenvalue weighted by atomic mass is 19.2. The van der Waals surface area contributed by atoms with Gasteiger partial charge in [0.25, 0.3) is 0 Å². The lowest BCUT2D eigenvalue weighted by molar-refractivity contribution is 0.286. The zero-order valence-electron chi connectivity index (χ0n) is 14.2. The fourth-order valence-electron chi connectivity index (χ4n) is 3.14. The first kappa shape index (κ1) is 17.6. The molecule has 3 nitrogen and oxygen atoms in total. The van der Waals surface area contributed by atoms with Gasteiger partial charge in [-0.1, -0.05) is 0 Å². The first-order valence-corrected chi connectivity index (χ1v) is 8.35. The van der Waals surface area contributed by atoms with Gasteiger partial charge in [-0.15, -0.1) is 0 Å². The van der Waals surface area contributed by atoms with Crippen molar-refractivity contribution in [1.82, 2.24) is 5.32 Å². The Hall–Kier alpha value is -2.21. The Balaban J connectivity index is 2.08. The van der Waals surface area contributed by atoms with E-state index in [2.05, 4.69) is 5.32 Å². The molecule has 0 aliphatic carbocycles. The second-order valence-corrected chi connectivity index (χ2v) is 5.80. The van der Waals surface area contributed by atoms with Gasteiger partial charge in [-0.25, -0.2) is 13.2 Å². The summed E-state index contributed by atoms with van der Waals surface area (Å²) in [7, 11) is 0. The fourth-order valence-corrected chi connectivity index (χ4v) is 3.14. The van der Waals surface area contributed by atoms with Crippen molar-refractivity contribution in [1.29, 1.82) is 0 Å². The average Bonchev–Trinajstić information content (AvgIpc) is 2.59. The van der Waals surface area contributed by atoms with E-state index in [1.807, 2.05) is 26.0 Å². The minimum absolute atomic E-state index is 0.337. The molecule has 0 aromatic heterocycles. The van der Waals surface area contributed by atoms with Crippen LogP contribution in [-0.2, 0) is 6.42 Å². The summed E-state index contributed by atoms with van der Waals surface area (Å²) < 4.78 is 51.8. The fraction of sp³-hybridized carbons (Fsp3) is 0.368. The minimum Gasteiger partial charge on any atom is -0.490 e. The zero-order valence-corrected chi connectivity index (χ0v) is 14.2. The molecule has 0 saturated heterocycles. The molecule has 0 bridgehead atoms. The lowest BCUT2D eigenvalue weighted by Gasteiger charge is -2.29. The zero-order chi connectivity index (χ0) is 18.0. The predicted octanol–water partition coefficient (Wildman–Crippen LogP) is 4.14. The van der Waals surface area contributed by atoms with Crippen molar-refractivity contribution in [2.45, 2.75) is 26.3 Å². The highest BCUT2D eigenvalue weighted by molar-refractivity contribution is 5.51. The van der Waals surface area contributed by atoms with Crippen molar-refractivity contribution < 1.29 is 22.6 Å². The van der Waals surface area contributed by atoms with Crippen LogP contribution in [0.25, 0.3) is 0 Å². The molecule has 0 spiro atoms. The van der Waals surface area contributed by atoms with E-state index in [-0.39, 0.29) is 0 Å². The first-order valence-electron chi connectivity index (χ1n) is 8.35. The summed E-state index contributed by atoms with van der Waals surface area (Å²) >= 11 is 0. The van der Waals surface area contributed by atoms with Crippen molar-refractivity contribution in [2.75, 3.05) is 19.8 Å². The second kappa shape index (κ2) is 7.35. The van der Waals surface area contributed by atoms with Crippen molar-refractivity contribution in [3.63, 3.8) is 0 Å². The third-order valence-electron chi connectivity index (χ3n) is 4.20. The Labute approximate surface area is 144 Å². The predicted molar refractivity (Wildman–Crippen MR) is 88.6 cm³/mol. The SMILES string of the molecule is CCOc1cc2c(cc1OCC)[C@H](c1cc(F)c(F)c(F)c1)NCC2. The maximum Gasteiger partial charge on any atom is 0.194 e. The summed E-state index contributed by atoms with van der Waals surface area (Å²) in [4.78, 5) is 0. The van der Waals surface area contributed by atoms with Gasteiger partial charge >= 0.3 is 0 Å². The molecular formula is C19H20F3NO2. The largest absolute Gasteiger partial charge is 0.490 e. The van der Waals surface area contributed by atoms with Gasteiger partial charge in [0, 0.05) is 6.54 Å². The minimum atomic E-state index is -1.46. The number of ether oxygens (including phenoxy) is 2. The van der Waals surface area contributed by atoms with Crippen LogP contribution in [0.4, 0.5) is 13.2 Å². The van der Waals surface area contributed by atoms with Gasteiger partial charge < -0.3 is 14.8 Å². The molecule has 1 aliphatic rings.